The summed E-state index contributed by atoms with van der Waals surface area (Å²) in [5.41, 5.74) is -1.52. The van der Waals surface area contributed by atoms with E-state index in [2.05, 4.69) is 15.9 Å². The summed E-state index contributed by atoms with van der Waals surface area (Å²) in [5.74, 6) is -2.23. The van der Waals surface area contributed by atoms with E-state index < -0.39 is 17.6 Å². The highest BCUT2D eigenvalue weighted by atomic mass is 79.9. The molecule has 15 heavy (non-hydrogen) atoms. The normalized spacial score (nSPS) is 16.8. The summed E-state index contributed by atoms with van der Waals surface area (Å²) in [5, 5.41) is 8.81. The summed E-state index contributed by atoms with van der Waals surface area (Å²) in [6, 6.07) is 6.73. The Morgan fingerprint density at radius 3 is 2.53 bits per heavy atom. The van der Waals surface area contributed by atoms with E-state index in [1.807, 2.05) is 0 Å². The van der Waals surface area contributed by atoms with Gasteiger partial charge in [-0.1, -0.05) is 34.1 Å². The van der Waals surface area contributed by atoms with Crippen molar-refractivity contribution >= 4 is 21.9 Å². The minimum absolute atomic E-state index is 0.361. The van der Waals surface area contributed by atoms with Crippen molar-refractivity contribution in [3.63, 3.8) is 0 Å². The lowest BCUT2D eigenvalue weighted by Crippen LogP contribution is -2.31. The van der Waals surface area contributed by atoms with Gasteiger partial charge in [0.1, 0.15) is 5.67 Å². The Morgan fingerprint density at radius 1 is 1.53 bits per heavy atom. The van der Waals surface area contributed by atoms with Crippen LogP contribution < -0.4 is 0 Å². The fourth-order valence-corrected chi connectivity index (χ4v) is 2.00. The minimum Gasteiger partial charge on any atom is -0.481 e. The molecule has 82 valence electrons. The van der Waals surface area contributed by atoms with Gasteiger partial charge in [0, 0.05) is 10.0 Å². The molecule has 0 saturated heterocycles. The number of benzene rings is 1. The summed E-state index contributed by atoms with van der Waals surface area (Å²) >= 11 is 3.22. The van der Waals surface area contributed by atoms with Gasteiger partial charge in [-0.2, -0.15) is 0 Å². The SMILES string of the molecule is CC(C(=O)O)C(C)(F)c1ccccc1Br. The van der Waals surface area contributed by atoms with Crippen molar-refractivity contribution in [2.75, 3.05) is 0 Å². The summed E-state index contributed by atoms with van der Waals surface area (Å²) in [4.78, 5) is 10.8. The molecule has 1 aromatic carbocycles. The van der Waals surface area contributed by atoms with Crippen molar-refractivity contribution in [3.8, 4) is 0 Å². The first-order chi connectivity index (χ1) is 6.87. The van der Waals surface area contributed by atoms with Crippen molar-refractivity contribution < 1.29 is 14.3 Å². The van der Waals surface area contributed by atoms with Crippen LogP contribution in [-0.2, 0) is 10.5 Å². The van der Waals surface area contributed by atoms with Gasteiger partial charge in [-0.05, 0) is 19.9 Å². The molecule has 0 saturated carbocycles. The zero-order valence-electron chi connectivity index (χ0n) is 8.50. The van der Waals surface area contributed by atoms with Crippen molar-refractivity contribution in [2.45, 2.75) is 19.5 Å². The molecule has 0 aromatic heterocycles. The van der Waals surface area contributed by atoms with Gasteiger partial charge in [0.05, 0.1) is 5.92 Å². The first kappa shape index (κ1) is 12.2. The fourth-order valence-electron chi connectivity index (χ4n) is 1.32. The van der Waals surface area contributed by atoms with Crippen molar-refractivity contribution in [3.05, 3.63) is 34.3 Å². The Morgan fingerprint density at radius 2 is 2.07 bits per heavy atom. The predicted octanol–water partition coefficient (Wildman–Crippen LogP) is 3.35. The largest absolute Gasteiger partial charge is 0.481 e. The molecule has 0 bridgehead atoms. The van der Waals surface area contributed by atoms with Gasteiger partial charge >= 0.3 is 5.97 Å². The lowest BCUT2D eigenvalue weighted by atomic mass is 9.86. The molecule has 0 aliphatic heterocycles. The molecule has 1 rings (SSSR count). The van der Waals surface area contributed by atoms with Crippen molar-refractivity contribution in [2.24, 2.45) is 5.92 Å². The predicted molar refractivity (Wildman–Crippen MR) is 59.4 cm³/mol. The van der Waals surface area contributed by atoms with Gasteiger partial charge in [-0.15, -0.1) is 0 Å². The van der Waals surface area contributed by atoms with Crippen LogP contribution in [0, 0.1) is 5.92 Å². The number of carboxylic acid groups (broad SMARTS) is 1. The zero-order valence-corrected chi connectivity index (χ0v) is 10.1. The van der Waals surface area contributed by atoms with E-state index in [0.717, 1.165) is 0 Å². The molecule has 2 unspecified atom stereocenters. The molecule has 0 fully saturated rings. The second-order valence-corrected chi connectivity index (χ2v) is 4.47. The topological polar surface area (TPSA) is 37.3 Å². The van der Waals surface area contributed by atoms with Crippen LogP contribution in [0.15, 0.2) is 28.7 Å². The van der Waals surface area contributed by atoms with Crippen LogP contribution in [-0.4, -0.2) is 11.1 Å². The Hall–Kier alpha value is -0.900. The number of rotatable bonds is 3. The zero-order chi connectivity index (χ0) is 11.6. The van der Waals surface area contributed by atoms with E-state index in [4.69, 9.17) is 5.11 Å². The Balaban J connectivity index is 3.16. The summed E-state index contributed by atoms with van der Waals surface area (Å²) < 4.78 is 14.9. The third-order valence-corrected chi connectivity index (χ3v) is 3.28. The number of carbonyl (C=O) groups is 1. The third kappa shape index (κ3) is 2.37. The van der Waals surface area contributed by atoms with Crippen LogP contribution in [0.3, 0.4) is 0 Å². The van der Waals surface area contributed by atoms with Gasteiger partial charge in [0.2, 0.25) is 0 Å². The summed E-state index contributed by atoms with van der Waals surface area (Å²) in [7, 11) is 0. The van der Waals surface area contributed by atoms with Gasteiger partial charge < -0.3 is 5.11 Å². The maximum absolute atomic E-state index is 14.3. The fraction of sp³-hybridized carbons (Fsp3) is 0.364. The average Bonchev–Trinajstić information content (AvgIpc) is 2.16. The van der Waals surface area contributed by atoms with Crippen molar-refractivity contribution in [1.82, 2.24) is 0 Å². The number of hydrogen-bond acceptors (Lipinski definition) is 1. The van der Waals surface area contributed by atoms with E-state index in [1.54, 1.807) is 24.3 Å². The molecule has 2 nitrogen and oxygen atoms in total. The first-order valence-electron chi connectivity index (χ1n) is 4.54. The van der Waals surface area contributed by atoms with Crippen LogP contribution in [0.2, 0.25) is 0 Å². The molecule has 0 radical (unpaired) electrons. The van der Waals surface area contributed by atoms with E-state index in [9.17, 15) is 9.18 Å². The standard InChI is InChI=1S/C11H12BrFO2/c1-7(10(14)15)11(2,13)8-5-3-4-6-9(8)12/h3-7H,1-2H3,(H,14,15). The molecule has 0 spiro atoms. The van der Waals surface area contributed by atoms with Crippen LogP contribution in [0.4, 0.5) is 4.39 Å². The highest BCUT2D eigenvalue weighted by Crippen LogP contribution is 2.37. The maximum atomic E-state index is 14.3. The molecule has 0 aliphatic rings. The van der Waals surface area contributed by atoms with Crippen LogP contribution in [0.25, 0.3) is 0 Å². The molecular formula is C11H12BrFO2. The lowest BCUT2D eigenvalue weighted by Gasteiger charge is -2.26. The van der Waals surface area contributed by atoms with E-state index in [-0.39, 0.29) is 0 Å². The quantitative estimate of drug-likeness (QED) is 0.918. The highest BCUT2D eigenvalue weighted by Gasteiger charge is 2.38. The molecule has 0 heterocycles. The van der Waals surface area contributed by atoms with E-state index >= 15 is 0 Å². The number of alkyl halides is 1. The van der Waals surface area contributed by atoms with Gasteiger partial charge in [0.15, 0.2) is 0 Å². The third-order valence-electron chi connectivity index (χ3n) is 2.58. The van der Waals surface area contributed by atoms with Gasteiger partial charge in [-0.3, -0.25) is 4.79 Å². The monoisotopic (exact) mass is 274 g/mol. The van der Waals surface area contributed by atoms with Crippen LogP contribution >= 0.6 is 15.9 Å². The molecular weight excluding hydrogens is 263 g/mol. The number of halogens is 2. The summed E-state index contributed by atoms with van der Waals surface area (Å²) in [6.45, 7) is 2.65. The van der Waals surface area contributed by atoms with E-state index in [0.29, 0.717) is 10.0 Å². The molecule has 2 atom stereocenters. The Labute approximate surface area is 96.2 Å². The molecule has 0 amide bonds. The second-order valence-electron chi connectivity index (χ2n) is 3.62. The molecule has 4 heteroatoms. The van der Waals surface area contributed by atoms with Gasteiger partial charge in [0.25, 0.3) is 0 Å². The van der Waals surface area contributed by atoms with Gasteiger partial charge in [-0.25, -0.2) is 4.39 Å². The van der Waals surface area contributed by atoms with Crippen LogP contribution in [0.5, 0.6) is 0 Å². The highest BCUT2D eigenvalue weighted by molar-refractivity contribution is 9.10. The van der Waals surface area contributed by atoms with E-state index in [1.165, 1.54) is 13.8 Å². The average molecular weight is 275 g/mol. The molecule has 0 aliphatic carbocycles. The smallest absolute Gasteiger partial charge is 0.309 e. The Bertz CT molecular complexity index is 377. The number of hydrogen-bond donors (Lipinski definition) is 1. The van der Waals surface area contributed by atoms with Crippen LogP contribution in [0.1, 0.15) is 19.4 Å². The van der Waals surface area contributed by atoms with Crippen molar-refractivity contribution in [1.29, 1.82) is 0 Å². The number of carboxylic acids is 1. The maximum Gasteiger partial charge on any atom is 0.309 e. The number of aliphatic carboxylic acids is 1. The lowest BCUT2D eigenvalue weighted by molar-refractivity contribution is -0.146. The second kappa shape index (κ2) is 4.31. The minimum atomic E-state index is -1.88. The first-order valence-corrected chi connectivity index (χ1v) is 5.33. The molecule has 1 N–H and O–H groups in total. The Kier molecular flexibility index (Phi) is 3.50. The molecule has 1 aromatic rings. The summed E-state index contributed by atoms with van der Waals surface area (Å²) in [6.07, 6.45) is 0.